The third-order valence-electron chi connectivity index (χ3n) is 2.03. The van der Waals surface area contributed by atoms with E-state index in [4.69, 9.17) is 11.1 Å². The molecule has 0 saturated heterocycles. The Morgan fingerprint density at radius 3 is 3.00 bits per heavy atom. The van der Waals surface area contributed by atoms with Gasteiger partial charge in [-0.15, -0.1) is 11.8 Å². The number of aromatic nitrogens is 1. The molecule has 1 aromatic rings. The highest BCUT2D eigenvalue weighted by Gasteiger charge is 2.05. The first-order valence-corrected chi connectivity index (χ1v) is 6.16. The number of nitrogens with one attached hydrogen (secondary N) is 1. The van der Waals surface area contributed by atoms with Gasteiger partial charge in [0.1, 0.15) is 11.5 Å². The first-order chi connectivity index (χ1) is 7.25. The molecule has 0 aliphatic heterocycles. The van der Waals surface area contributed by atoms with Crippen LogP contribution in [0.1, 0.15) is 31.9 Å². The Kier molecular flexibility index (Phi) is 5.18. The van der Waals surface area contributed by atoms with Gasteiger partial charge in [0.2, 0.25) is 0 Å². The predicted molar refractivity (Wildman–Crippen MR) is 65.5 cm³/mol. The fourth-order valence-electron chi connectivity index (χ4n) is 1.24. The van der Waals surface area contributed by atoms with Crippen LogP contribution in [0.15, 0.2) is 23.2 Å². The molecule has 0 fully saturated rings. The Morgan fingerprint density at radius 2 is 2.33 bits per heavy atom. The molecular formula is C11H17N3S. The molecule has 3 nitrogen and oxygen atoms in total. The molecule has 0 radical (unpaired) electrons. The molecule has 1 rings (SSSR count). The Bertz CT molecular complexity index is 325. The fraction of sp³-hybridized carbons (Fsp3) is 0.455. The van der Waals surface area contributed by atoms with Crippen LogP contribution in [0.5, 0.6) is 0 Å². The van der Waals surface area contributed by atoms with E-state index in [1.165, 1.54) is 19.3 Å². The van der Waals surface area contributed by atoms with E-state index >= 15 is 0 Å². The third-order valence-corrected chi connectivity index (χ3v) is 3.16. The van der Waals surface area contributed by atoms with E-state index in [1.54, 1.807) is 18.0 Å². The number of unbranched alkanes of at least 4 members (excludes halogenated alkanes) is 2. The maximum Gasteiger partial charge on any atom is 0.142 e. The zero-order valence-corrected chi connectivity index (χ0v) is 9.81. The summed E-state index contributed by atoms with van der Waals surface area (Å²) in [6.07, 6.45) is 5.36. The summed E-state index contributed by atoms with van der Waals surface area (Å²) in [6, 6.07) is 3.86. The van der Waals surface area contributed by atoms with Crippen LogP contribution in [-0.4, -0.2) is 16.6 Å². The lowest BCUT2D eigenvalue weighted by molar-refractivity contribution is 0.778. The lowest BCUT2D eigenvalue weighted by Gasteiger charge is -2.05. The van der Waals surface area contributed by atoms with Crippen LogP contribution in [0.3, 0.4) is 0 Å². The van der Waals surface area contributed by atoms with Crippen molar-refractivity contribution in [2.75, 3.05) is 5.75 Å². The molecule has 15 heavy (non-hydrogen) atoms. The Morgan fingerprint density at radius 1 is 1.53 bits per heavy atom. The number of amidine groups is 1. The Labute approximate surface area is 95.0 Å². The van der Waals surface area contributed by atoms with Crippen LogP contribution in [0, 0.1) is 5.41 Å². The van der Waals surface area contributed by atoms with E-state index < -0.39 is 0 Å². The molecule has 0 aliphatic carbocycles. The van der Waals surface area contributed by atoms with Gasteiger partial charge in [-0.05, 0) is 24.3 Å². The number of thioether (sulfide) groups is 1. The molecule has 82 valence electrons. The van der Waals surface area contributed by atoms with E-state index in [-0.39, 0.29) is 5.84 Å². The summed E-state index contributed by atoms with van der Waals surface area (Å²) in [6.45, 7) is 2.19. The number of hydrogen-bond donors (Lipinski definition) is 2. The van der Waals surface area contributed by atoms with Crippen molar-refractivity contribution in [3.63, 3.8) is 0 Å². The zero-order chi connectivity index (χ0) is 11.1. The number of pyridine rings is 1. The number of rotatable bonds is 6. The van der Waals surface area contributed by atoms with Crippen LogP contribution in [0.2, 0.25) is 0 Å². The molecule has 0 bridgehead atoms. The van der Waals surface area contributed by atoms with Crippen molar-refractivity contribution in [2.24, 2.45) is 5.73 Å². The van der Waals surface area contributed by atoms with Gasteiger partial charge in [-0.3, -0.25) is 10.4 Å². The van der Waals surface area contributed by atoms with Crippen LogP contribution in [0.25, 0.3) is 0 Å². The minimum Gasteiger partial charge on any atom is -0.382 e. The summed E-state index contributed by atoms with van der Waals surface area (Å²) >= 11 is 1.73. The second kappa shape index (κ2) is 6.45. The summed E-state index contributed by atoms with van der Waals surface area (Å²) in [5.41, 5.74) is 6.06. The van der Waals surface area contributed by atoms with Crippen LogP contribution < -0.4 is 5.73 Å². The first-order valence-electron chi connectivity index (χ1n) is 5.18. The van der Waals surface area contributed by atoms with Crippen molar-refractivity contribution in [2.45, 2.75) is 31.1 Å². The lowest BCUT2D eigenvalue weighted by atomic mass is 10.3. The molecule has 0 amide bonds. The standard InChI is InChI=1S/C11H17N3S/c1-2-3-4-8-15-9-6-5-7-14-10(9)11(12)13/h5-7H,2-4,8H2,1H3,(H3,12,13). The van der Waals surface area contributed by atoms with E-state index in [1.807, 2.05) is 12.1 Å². The Balaban J connectivity index is 2.56. The molecule has 0 aliphatic rings. The molecule has 0 aromatic carbocycles. The van der Waals surface area contributed by atoms with E-state index in [0.717, 1.165) is 10.6 Å². The maximum absolute atomic E-state index is 7.39. The molecule has 1 heterocycles. The summed E-state index contributed by atoms with van der Waals surface area (Å²) < 4.78 is 0. The molecule has 0 spiro atoms. The maximum atomic E-state index is 7.39. The molecular weight excluding hydrogens is 206 g/mol. The van der Waals surface area contributed by atoms with Gasteiger partial charge in [0.05, 0.1) is 0 Å². The van der Waals surface area contributed by atoms with Crippen molar-refractivity contribution in [3.05, 3.63) is 24.0 Å². The quantitative estimate of drug-likeness (QED) is 0.337. The largest absolute Gasteiger partial charge is 0.382 e. The van der Waals surface area contributed by atoms with Crippen molar-refractivity contribution in [1.29, 1.82) is 5.41 Å². The molecule has 0 atom stereocenters. The minimum absolute atomic E-state index is 0.0496. The number of hydrogen-bond acceptors (Lipinski definition) is 3. The summed E-state index contributed by atoms with van der Waals surface area (Å²) in [5, 5.41) is 7.39. The van der Waals surface area contributed by atoms with Gasteiger partial charge in [0.15, 0.2) is 0 Å². The van der Waals surface area contributed by atoms with Crippen molar-refractivity contribution in [1.82, 2.24) is 4.98 Å². The number of nitrogen functional groups attached to an aromatic ring is 1. The number of nitrogens with zero attached hydrogens (tertiary/aromatic N) is 1. The monoisotopic (exact) mass is 223 g/mol. The smallest absolute Gasteiger partial charge is 0.142 e. The average Bonchev–Trinajstić information content (AvgIpc) is 2.25. The molecule has 4 heteroatoms. The topological polar surface area (TPSA) is 62.8 Å². The van der Waals surface area contributed by atoms with Crippen LogP contribution >= 0.6 is 11.8 Å². The minimum atomic E-state index is 0.0496. The van der Waals surface area contributed by atoms with Gasteiger partial charge in [0, 0.05) is 11.1 Å². The highest BCUT2D eigenvalue weighted by atomic mass is 32.2. The molecule has 0 unspecified atom stereocenters. The second-order valence-electron chi connectivity index (χ2n) is 3.32. The van der Waals surface area contributed by atoms with E-state index in [2.05, 4.69) is 11.9 Å². The normalized spacial score (nSPS) is 10.2. The summed E-state index contributed by atoms with van der Waals surface area (Å²) in [5.74, 6) is 1.12. The van der Waals surface area contributed by atoms with Gasteiger partial charge >= 0.3 is 0 Å². The highest BCUT2D eigenvalue weighted by Crippen LogP contribution is 2.21. The average molecular weight is 223 g/mol. The Hall–Kier alpha value is -1.03. The van der Waals surface area contributed by atoms with Crippen molar-refractivity contribution >= 4 is 17.6 Å². The molecule has 3 N–H and O–H groups in total. The highest BCUT2D eigenvalue weighted by molar-refractivity contribution is 7.99. The van der Waals surface area contributed by atoms with Gasteiger partial charge in [0.25, 0.3) is 0 Å². The number of nitrogens with two attached hydrogens (primary N) is 1. The van der Waals surface area contributed by atoms with Crippen molar-refractivity contribution in [3.8, 4) is 0 Å². The lowest BCUT2D eigenvalue weighted by Crippen LogP contribution is -2.14. The predicted octanol–water partition coefficient (Wildman–Crippen LogP) is 2.65. The molecule has 0 saturated carbocycles. The summed E-state index contributed by atoms with van der Waals surface area (Å²) in [7, 11) is 0. The van der Waals surface area contributed by atoms with E-state index in [9.17, 15) is 0 Å². The van der Waals surface area contributed by atoms with E-state index in [0.29, 0.717) is 5.69 Å². The van der Waals surface area contributed by atoms with Crippen molar-refractivity contribution < 1.29 is 0 Å². The third kappa shape index (κ3) is 3.91. The van der Waals surface area contributed by atoms with Gasteiger partial charge < -0.3 is 5.73 Å². The fourth-order valence-corrected chi connectivity index (χ4v) is 2.29. The zero-order valence-electron chi connectivity index (χ0n) is 8.99. The SMILES string of the molecule is CCCCCSc1cccnc1C(=N)N. The van der Waals surface area contributed by atoms with Gasteiger partial charge in [-0.2, -0.15) is 0 Å². The van der Waals surface area contributed by atoms with Crippen LogP contribution in [0.4, 0.5) is 0 Å². The van der Waals surface area contributed by atoms with Gasteiger partial charge in [-0.25, -0.2) is 0 Å². The first kappa shape index (κ1) is 12.0. The second-order valence-corrected chi connectivity index (χ2v) is 4.46. The molecule has 1 aromatic heterocycles. The van der Waals surface area contributed by atoms with Crippen LogP contribution in [-0.2, 0) is 0 Å². The summed E-state index contributed by atoms with van der Waals surface area (Å²) in [4.78, 5) is 5.12. The van der Waals surface area contributed by atoms with Gasteiger partial charge in [-0.1, -0.05) is 19.8 Å².